The topological polar surface area (TPSA) is 115 Å². The maximum Gasteiger partial charge on any atom is 0.322 e. The van der Waals surface area contributed by atoms with E-state index >= 15 is 0 Å². The number of amides is 3. The molecule has 140 valence electrons. The number of methoxy groups -OCH3 is 1. The lowest BCUT2D eigenvalue weighted by molar-refractivity contribution is -0.116. The van der Waals surface area contributed by atoms with Gasteiger partial charge in [0.05, 0.1) is 18.2 Å². The first kappa shape index (κ1) is 17.4. The molecule has 0 atom stereocenters. The number of anilines is 1. The number of benzene rings is 2. The highest BCUT2D eigenvalue weighted by molar-refractivity contribution is 6.22. The fourth-order valence-electron chi connectivity index (χ4n) is 2.81. The van der Waals surface area contributed by atoms with Gasteiger partial charge in [-0.05, 0) is 36.4 Å². The highest BCUT2D eigenvalue weighted by atomic mass is 16.5. The van der Waals surface area contributed by atoms with Gasteiger partial charge < -0.3 is 9.15 Å². The molecule has 0 radical (unpaired) electrons. The first-order chi connectivity index (χ1) is 13.6. The Morgan fingerprint density at radius 3 is 2.29 bits per heavy atom. The molecular formula is C19H14N4O5. The van der Waals surface area contributed by atoms with Gasteiger partial charge in [-0.2, -0.15) is 0 Å². The van der Waals surface area contributed by atoms with Crippen molar-refractivity contribution in [1.29, 1.82) is 0 Å². The zero-order valence-corrected chi connectivity index (χ0v) is 14.7. The van der Waals surface area contributed by atoms with Crippen LogP contribution in [-0.4, -0.2) is 46.5 Å². The summed E-state index contributed by atoms with van der Waals surface area (Å²) in [5, 5.41) is 10.0. The molecule has 2 heterocycles. The second-order valence-corrected chi connectivity index (χ2v) is 5.93. The largest absolute Gasteiger partial charge is 0.497 e. The van der Waals surface area contributed by atoms with Crippen molar-refractivity contribution in [1.82, 2.24) is 15.1 Å². The standard InChI is InChI=1S/C19H14N4O5/c1-27-12-8-6-11(7-9-12)16-21-22-19(28-16)20-15(24)10-23-17(25)13-4-2-3-5-14(13)18(23)26/h2-9H,10H2,1H3,(H,20,22,24). The van der Waals surface area contributed by atoms with Gasteiger partial charge in [-0.25, -0.2) is 0 Å². The van der Waals surface area contributed by atoms with Gasteiger partial charge in [-0.15, -0.1) is 5.10 Å². The smallest absolute Gasteiger partial charge is 0.322 e. The van der Waals surface area contributed by atoms with Crippen molar-refractivity contribution in [3.05, 3.63) is 59.7 Å². The Hall–Kier alpha value is -4.01. The van der Waals surface area contributed by atoms with Crippen LogP contribution in [0.3, 0.4) is 0 Å². The van der Waals surface area contributed by atoms with Gasteiger partial charge in [0.25, 0.3) is 11.8 Å². The van der Waals surface area contributed by atoms with Crippen LogP contribution in [0.4, 0.5) is 6.01 Å². The van der Waals surface area contributed by atoms with E-state index in [0.717, 1.165) is 4.90 Å². The SMILES string of the molecule is COc1ccc(-c2nnc(NC(=O)CN3C(=O)c4ccccc4C3=O)o2)cc1. The minimum atomic E-state index is -0.626. The Balaban J connectivity index is 1.43. The number of hydrogen-bond donors (Lipinski definition) is 1. The summed E-state index contributed by atoms with van der Waals surface area (Å²) < 4.78 is 10.5. The maximum atomic E-state index is 12.3. The van der Waals surface area contributed by atoms with Crippen molar-refractivity contribution < 1.29 is 23.5 Å². The first-order valence-corrected chi connectivity index (χ1v) is 8.30. The highest BCUT2D eigenvalue weighted by Crippen LogP contribution is 2.24. The molecule has 0 unspecified atom stereocenters. The number of nitrogens with zero attached hydrogens (tertiary/aromatic N) is 3. The maximum absolute atomic E-state index is 12.3. The second-order valence-electron chi connectivity index (χ2n) is 5.93. The summed E-state index contributed by atoms with van der Waals surface area (Å²) in [5.41, 5.74) is 1.20. The zero-order chi connectivity index (χ0) is 19.7. The Kier molecular flexibility index (Phi) is 4.32. The van der Waals surface area contributed by atoms with Crippen LogP contribution in [0.15, 0.2) is 52.9 Å². The van der Waals surface area contributed by atoms with Crippen LogP contribution < -0.4 is 10.1 Å². The molecule has 0 aliphatic carbocycles. The fraction of sp³-hybridized carbons (Fsp3) is 0.105. The molecule has 0 bridgehead atoms. The summed E-state index contributed by atoms with van der Waals surface area (Å²) in [6.07, 6.45) is 0. The molecule has 0 saturated heterocycles. The fourth-order valence-corrected chi connectivity index (χ4v) is 2.81. The van der Waals surface area contributed by atoms with E-state index < -0.39 is 24.3 Å². The van der Waals surface area contributed by atoms with Gasteiger partial charge in [0.1, 0.15) is 12.3 Å². The van der Waals surface area contributed by atoms with Crippen molar-refractivity contribution in [3.8, 4) is 17.2 Å². The van der Waals surface area contributed by atoms with Crippen LogP contribution in [0.5, 0.6) is 5.75 Å². The number of ether oxygens (including phenoxy) is 1. The summed E-state index contributed by atoms with van der Waals surface area (Å²) in [6.45, 7) is -0.452. The molecule has 9 nitrogen and oxygen atoms in total. The molecule has 3 amide bonds. The van der Waals surface area contributed by atoms with Crippen LogP contribution >= 0.6 is 0 Å². The highest BCUT2D eigenvalue weighted by Gasteiger charge is 2.36. The third-order valence-electron chi connectivity index (χ3n) is 4.19. The summed E-state index contributed by atoms with van der Waals surface area (Å²) in [7, 11) is 1.56. The number of nitrogens with one attached hydrogen (secondary N) is 1. The van der Waals surface area contributed by atoms with Crippen LogP contribution in [0.2, 0.25) is 0 Å². The van der Waals surface area contributed by atoms with E-state index in [1.54, 1.807) is 55.6 Å². The third-order valence-corrected chi connectivity index (χ3v) is 4.19. The van der Waals surface area contributed by atoms with Gasteiger partial charge in [0, 0.05) is 5.56 Å². The van der Waals surface area contributed by atoms with E-state index in [0.29, 0.717) is 11.3 Å². The van der Waals surface area contributed by atoms with Crippen molar-refractivity contribution >= 4 is 23.7 Å². The monoisotopic (exact) mass is 378 g/mol. The van der Waals surface area contributed by atoms with Crippen LogP contribution in [0, 0.1) is 0 Å². The third kappa shape index (κ3) is 3.09. The summed E-state index contributed by atoms with van der Waals surface area (Å²) in [5.74, 6) is -0.767. The molecule has 1 N–H and O–H groups in total. The molecule has 4 rings (SSSR count). The zero-order valence-electron chi connectivity index (χ0n) is 14.7. The normalized spacial score (nSPS) is 12.8. The van der Waals surface area contributed by atoms with Crippen LogP contribution in [0.1, 0.15) is 20.7 Å². The lowest BCUT2D eigenvalue weighted by atomic mass is 10.1. The summed E-state index contributed by atoms with van der Waals surface area (Å²) in [4.78, 5) is 37.7. The number of carbonyl (C=O) groups excluding carboxylic acids is 3. The van der Waals surface area contributed by atoms with Crippen molar-refractivity contribution in [2.45, 2.75) is 0 Å². The lowest BCUT2D eigenvalue weighted by Gasteiger charge is -2.12. The Morgan fingerprint density at radius 2 is 1.68 bits per heavy atom. The van der Waals surface area contributed by atoms with Gasteiger partial charge in [-0.3, -0.25) is 24.6 Å². The summed E-state index contributed by atoms with van der Waals surface area (Å²) >= 11 is 0. The van der Waals surface area contributed by atoms with E-state index in [-0.39, 0.29) is 23.0 Å². The molecule has 0 spiro atoms. The van der Waals surface area contributed by atoms with Crippen molar-refractivity contribution in [2.24, 2.45) is 0 Å². The van der Waals surface area contributed by atoms with Crippen LogP contribution in [-0.2, 0) is 4.79 Å². The number of rotatable bonds is 5. The van der Waals surface area contributed by atoms with Gasteiger partial charge in [0.2, 0.25) is 11.8 Å². The van der Waals surface area contributed by atoms with E-state index in [9.17, 15) is 14.4 Å². The van der Waals surface area contributed by atoms with Gasteiger partial charge >= 0.3 is 6.01 Å². The number of fused-ring (bicyclic) bond motifs is 1. The van der Waals surface area contributed by atoms with Gasteiger partial charge in [0.15, 0.2) is 0 Å². The molecule has 1 aliphatic rings. The van der Waals surface area contributed by atoms with Crippen molar-refractivity contribution in [2.75, 3.05) is 19.0 Å². The molecule has 1 aliphatic heterocycles. The lowest BCUT2D eigenvalue weighted by Crippen LogP contribution is -2.37. The predicted octanol–water partition coefficient (Wildman–Crippen LogP) is 1.98. The number of carbonyl (C=O) groups is 3. The minimum absolute atomic E-state index is 0.132. The van der Waals surface area contributed by atoms with E-state index in [2.05, 4.69) is 15.5 Å². The number of hydrogen-bond acceptors (Lipinski definition) is 7. The number of imide groups is 1. The van der Waals surface area contributed by atoms with Gasteiger partial charge in [-0.1, -0.05) is 17.2 Å². The summed E-state index contributed by atoms with van der Waals surface area (Å²) in [6, 6.07) is 13.2. The van der Waals surface area contributed by atoms with E-state index in [1.165, 1.54) is 0 Å². The molecule has 28 heavy (non-hydrogen) atoms. The minimum Gasteiger partial charge on any atom is -0.497 e. The second kappa shape index (κ2) is 6.95. The number of aromatic nitrogens is 2. The average Bonchev–Trinajstić information content (AvgIpc) is 3.27. The molecule has 9 heteroatoms. The molecule has 0 saturated carbocycles. The molecule has 1 aromatic heterocycles. The van der Waals surface area contributed by atoms with E-state index in [1.807, 2.05) is 0 Å². The van der Waals surface area contributed by atoms with Crippen LogP contribution in [0.25, 0.3) is 11.5 Å². The average molecular weight is 378 g/mol. The Morgan fingerprint density at radius 1 is 1.04 bits per heavy atom. The predicted molar refractivity (Wildman–Crippen MR) is 96.7 cm³/mol. The van der Waals surface area contributed by atoms with Crippen molar-refractivity contribution in [3.63, 3.8) is 0 Å². The molecule has 3 aromatic rings. The first-order valence-electron chi connectivity index (χ1n) is 8.30. The molecule has 2 aromatic carbocycles. The van der Waals surface area contributed by atoms with E-state index in [4.69, 9.17) is 9.15 Å². The molecular weight excluding hydrogens is 364 g/mol. The quantitative estimate of drug-likeness (QED) is 0.675. The Bertz CT molecular complexity index is 1040. The Labute approximate surface area is 158 Å². The molecule has 0 fully saturated rings.